The van der Waals surface area contributed by atoms with Crippen LogP contribution in [0.15, 0.2) is 6.20 Å². The molecule has 4 aliphatic heterocycles. The van der Waals surface area contributed by atoms with Gasteiger partial charge in [0.05, 0.1) is 60.0 Å². The number of piperazine rings is 2. The number of benzene rings is 1. The van der Waals surface area contributed by atoms with E-state index in [4.69, 9.17) is 25.2 Å². The van der Waals surface area contributed by atoms with Gasteiger partial charge in [-0.25, -0.2) is 8.78 Å². The quantitative estimate of drug-likeness (QED) is 0.208. The standard InChI is InChI=1S/C38H42F5N9O3S/c1-20(53)12-51-13-21-2-3-22(14-51)52(21)35-29-25-16-54-15-24(25)27(31-28-23(10-44)34(45)56-33(28)26(39)11-46-31)30(40)32(29)47-36(48-35)55-19-37(4-5-37)17-49-6-8-50(9-7-49)18-38(41,42)43/h11,20-22,53H,2-9,12-19,45H2,1H3/t20-,21?,22?/m1/s1. The van der Waals surface area contributed by atoms with Gasteiger partial charge < -0.3 is 30.1 Å². The smallest absolute Gasteiger partial charge is 0.401 e. The maximum absolute atomic E-state index is 17.6. The summed E-state index contributed by atoms with van der Waals surface area (Å²) in [5, 5.41) is 20.9. The molecule has 5 aliphatic rings. The van der Waals surface area contributed by atoms with Crippen molar-refractivity contribution in [3.8, 4) is 23.3 Å². The monoisotopic (exact) mass is 799 g/mol. The number of alkyl halides is 3. The second kappa shape index (κ2) is 14.1. The van der Waals surface area contributed by atoms with Gasteiger partial charge in [-0.15, -0.1) is 11.3 Å². The summed E-state index contributed by atoms with van der Waals surface area (Å²) in [5.74, 6) is -0.842. The first-order valence-electron chi connectivity index (χ1n) is 19.0. The number of ether oxygens (including phenoxy) is 2. The fourth-order valence-electron chi connectivity index (χ4n) is 9.31. The Labute approximate surface area is 323 Å². The second-order valence-electron chi connectivity index (χ2n) is 16.1. The van der Waals surface area contributed by atoms with Crippen LogP contribution in [-0.4, -0.2) is 125 Å². The molecule has 4 fully saturated rings. The van der Waals surface area contributed by atoms with Gasteiger partial charge in [-0.3, -0.25) is 14.8 Å². The van der Waals surface area contributed by atoms with E-state index >= 15 is 8.78 Å². The van der Waals surface area contributed by atoms with Gasteiger partial charge in [0.1, 0.15) is 22.4 Å². The number of likely N-dealkylation sites (tertiary alicyclic amines) is 1. The number of nitriles is 1. The maximum atomic E-state index is 17.6. The number of aliphatic hydroxyl groups excluding tert-OH is 1. The van der Waals surface area contributed by atoms with E-state index < -0.39 is 30.5 Å². The van der Waals surface area contributed by atoms with E-state index in [9.17, 15) is 23.5 Å². The predicted molar refractivity (Wildman–Crippen MR) is 199 cm³/mol. The molecule has 1 aliphatic carbocycles. The number of pyridine rings is 1. The predicted octanol–water partition coefficient (Wildman–Crippen LogP) is 5.04. The molecule has 1 saturated carbocycles. The Morgan fingerprint density at radius 1 is 1.05 bits per heavy atom. The van der Waals surface area contributed by atoms with Crippen molar-refractivity contribution in [3.05, 3.63) is 34.5 Å². The minimum Gasteiger partial charge on any atom is -0.463 e. The largest absolute Gasteiger partial charge is 0.463 e. The zero-order valence-corrected chi connectivity index (χ0v) is 31.7. The molecule has 7 heterocycles. The summed E-state index contributed by atoms with van der Waals surface area (Å²) in [4.78, 5) is 22.2. The highest BCUT2D eigenvalue weighted by Gasteiger charge is 2.47. The molecular weight excluding hydrogens is 758 g/mol. The molecule has 12 nitrogen and oxygen atoms in total. The van der Waals surface area contributed by atoms with Gasteiger partial charge in [0.15, 0.2) is 11.6 Å². The third-order valence-electron chi connectivity index (χ3n) is 12.0. The number of halogens is 5. The van der Waals surface area contributed by atoms with Gasteiger partial charge in [-0.1, -0.05) is 0 Å². The average molecular weight is 800 g/mol. The Morgan fingerprint density at radius 2 is 1.75 bits per heavy atom. The number of hydrogen-bond donors (Lipinski definition) is 2. The van der Waals surface area contributed by atoms with Crippen molar-refractivity contribution in [3.63, 3.8) is 0 Å². The molecule has 3 aromatic heterocycles. The van der Waals surface area contributed by atoms with Gasteiger partial charge >= 0.3 is 12.2 Å². The highest BCUT2D eigenvalue weighted by molar-refractivity contribution is 7.23. The van der Waals surface area contributed by atoms with Crippen LogP contribution >= 0.6 is 11.3 Å². The number of nitrogens with zero attached hydrogens (tertiary/aromatic N) is 8. The number of aromatic nitrogens is 3. The first kappa shape index (κ1) is 37.6. The first-order valence-corrected chi connectivity index (χ1v) is 19.9. The van der Waals surface area contributed by atoms with Crippen molar-refractivity contribution in [2.75, 3.05) is 76.1 Å². The third kappa shape index (κ3) is 6.79. The Hall–Kier alpha value is -3.99. The van der Waals surface area contributed by atoms with Crippen LogP contribution in [-0.2, 0) is 18.0 Å². The van der Waals surface area contributed by atoms with Crippen LogP contribution in [0, 0.1) is 28.4 Å². The lowest BCUT2D eigenvalue weighted by atomic mass is 9.93. The van der Waals surface area contributed by atoms with Crippen molar-refractivity contribution in [1.29, 1.82) is 5.26 Å². The fourth-order valence-corrected chi connectivity index (χ4v) is 10.2. The molecule has 0 radical (unpaired) electrons. The summed E-state index contributed by atoms with van der Waals surface area (Å²) in [6, 6.07) is 2.12. The van der Waals surface area contributed by atoms with Crippen LogP contribution in [0.2, 0.25) is 0 Å². The van der Waals surface area contributed by atoms with Crippen molar-refractivity contribution < 1.29 is 36.5 Å². The van der Waals surface area contributed by atoms with Gasteiger partial charge in [0.25, 0.3) is 0 Å². The van der Waals surface area contributed by atoms with E-state index in [0.29, 0.717) is 74.7 Å². The maximum Gasteiger partial charge on any atom is 0.401 e. The molecule has 0 spiro atoms. The third-order valence-corrected chi connectivity index (χ3v) is 13.0. The van der Waals surface area contributed by atoms with Crippen molar-refractivity contribution in [2.24, 2.45) is 5.41 Å². The van der Waals surface area contributed by atoms with Crippen LogP contribution < -0.4 is 15.4 Å². The zero-order chi connectivity index (χ0) is 39.1. The van der Waals surface area contributed by atoms with Crippen LogP contribution in [0.1, 0.15) is 49.3 Å². The lowest BCUT2D eigenvalue weighted by Crippen LogP contribution is -2.55. The SMILES string of the molecule is C[C@@H](O)CN1CC2CCC(C1)N2c1nc(OCC2(CN3CCN(CC(F)(F)F)CC3)CC2)nc2c(F)c(-c3ncc(F)c4sc(N)c(C#N)c34)c3c(c12)COC3. The number of rotatable bonds is 10. The molecule has 18 heteroatoms. The minimum atomic E-state index is -4.23. The van der Waals surface area contributed by atoms with E-state index in [1.807, 2.05) is 0 Å². The molecule has 9 rings (SSSR count). The summed E-state index contributed by atoms with van der Waals surface area (Å²) in [6.45, 7) is 5.59. The molecule has 3 atom stereocenters. The number of hydrogen-bond acceptors (Lipinski definition) is 13. The summed E-state index contributed by atoms with van der Waals surface area (Å²) in [5.41, 5.74) is 7.29. The van der Waals surface area contributed by atoms with Crippen LogP contribution in [0.25, 0.3) is 32.2 Å². The molecule has 2 unspecified atom stereocenters. The first-order chi connectivity index (χ1) is 26.8. The molecule has 3 saturated heterocycles. The summed E-state index contributed by atoms with van der Waals surface area (Å²) >= 11 is 0.909. The molecule has 2 bridgehead atoms. The molecular formula is C38H42F5N9O3S. The van der Waals surface area contributed by atoms with Gasteiger partial charge in [0.2, 0.25) is 0 Å². The highest BCUT2D eigenvalue weighted by Crippen LogP contribution is 2.49. The Kier molecular flexibility index (Phi) is 9.48. The van der Waals surface area contributed by atoms with E-state index in [-0.39, 0.29) is 80.8 Å². The average Bonchev–Trinajstić information content (AvgIpc) is 3.43. The van der Waals surface area contributed by atoms with E-state index in [2.05, 4.69) is 25.8 Å². The van der Waals surface area contributed by atoms with Crippen LogP contribution in [0.3, 0.4) is 0 Å². The van der Waals surface area contributed by atoms with Gasteiger partial charge in [0, 0.05) is 80.8 Å². The number of nitrogens with two attached hydrogens (primary N) is 1. The van der Waals surface area contributed by atoms with E-state index in [0.717, 1.165) is 43.2 Å². The number of anilines is 2. The van der Waals surface area contributed by atoms with E-state index in [1.165, 1.54) is 4.90 Å². The summed E-state index contributed by atoms with van der Waals surface area (Å²) in [7, 11) is 0. The highest BCUT2D eigenvalue weighted by atomic mass is 32.1. The molecule has 298 valence electrons. The van der Waals surface area contributed by atoms with Gasteiger partial charge in [-0.05, 0) is 43.7 Å². The molecule has 56 heavy (non-hydrogen) atoms. The Bertz CT molecular complexity index is 2220. The second-order valence-corrected chi connectivity index (χ2v) is 17.2. The zero-order valence-electron chi connectivity index (χ0n) is 30.8. The summed E-state index contributed by atoms with van der Waals surface area (Å²) < 4.78 is 84.1. The number of fused-ring (bicyclic) bond motifs is 6. The number of β-amino-alcohol motifs (C(OH)–C–C–N with tert-alkyl or cyclic N) is 1. The number of nitrogen functional groups attached to an aromatic ring is 1. The lowest BCUT2D eigenvalue weighted by Gasteiger charge is -2.42. The van der Waals surface area contributed by atoms with Crippen molar-refractivity contribution in [1.82, 2.24) is 29.7 Å². The molecule has 0 amide bonds. The minimum absolute atomic E-state index is 0.00155. The number of aliphatic hydroxyl groups is 1. The van der Waals surface area contributed by atoms with Crippen LogP contribution in [0.4, 0.5) is 32.8 Å². The van der Waals surface area contributed by atoms with Crippen molar-refractivity contribution in [2.45, 2.75) is 70.2 Å². The topological polar surface area (TPSA) is 140 Å². The molecule has 4 aromatic rings. The summed E-state index contributed by atoms with van der Waals surface area (Å²) in [6.07, 6.45) is -0.206. The Balaban J connectivity index is 1.11. The van der Waals surface area contributed by atoms with Gasteiger partial charge in [-0.2, -0.15) is 28.4 Å². The van der Waals surface area contributed by atoms with E-state index in [1.54, 1.807) is 6.92 Å². The molecule has 3 N–H and O–H groups in total. The van der Waals surface area contributed by atoms with Crippen molar-refractivity contribution >= 4 is 43.1 Å². The van der Waals surface area contributed by atoms with Crippen LogP contribution in [0.5, 0.6) is 6.01 Å². The number of thiophene rings is 1. The molecule has 1 aromatic carbocycles. The fraction of sp³-hybridized carbons (Fsp3) is 0.579. The lowest BCUT2D eigenvalue weighted by molar-refractivity contribution is -0.149. The normalized spacial score (nSPS) is 23.2. The Morgan fingerprint density at radius 3 is 2.41 bits per heavy atom.